The first kappa shape index (κ1) is 15.0. The van der Waals surface area contributed by atoms with Crippen LogP contribution in [0.5, 0.6) is 0 Å². The molecule has 116 valence electrons. The van der Waals surface area contributed by atoms with Gasteiger partial charge in [0, 0.05) is 26.2 Å². The van der Waals surface area contributed by atoms with E-state index in [1.807, 2.05) is 0 Å². The van der Waals surface area contributed by atoms with E-state index < -0.39 is 18.0 Å². The third-order valence-electron chi connectivity index (χ3n) is 2.68. The van der Waals surface area contributed by atoms with Gasteiger partial charge in [-0.25, -0.2) is 14.4 Å². The number of carboxylic acid groups (broad SMARTS) is 2. The number of nitrogens with zero attached hydrogens (tertiary/aromatic N) is 4. The Labute approximate surface area is 123 Å². The molecule has 0 aliphatic heterocycles. The first-order valence-corrected chi connectivity index (χ1v) is 5.90. The smallest absolute Gasteiger partial charge is 0.354 e. The predicted octanol–water partition coefficient (Wildman–Crippen LogP) is 0.194. The summed E-state index contributed by atoms with van der Waals surface area (Å²) in [5, 5.41) is 30.0. The molecular weight excluding hydrogens is 296 g/mol. The predicted molar refractivity (Wildman–Crippen MR) is 73.0 cm³/mol. The van der Waals surface area contributed by atoms with Gasteiger partial charge >= 0.3 is 18.0 Å². The Bertz CT molecular complexity index is 699. The van der Waals surface area contributed by atoms with Gasteiger partial charge in [-0.2, -0.15) is 10.2 Å². The van der Waals surface area contributed by atoms with Crippen LogP contribution in [-0.2, 0) is 14.1 Å². The van der Waals surface area contributed by atoms with Crippen LogP contribution < -0.4 is 10.6 Å². The number of amides is 2. The van der Waals surface area contributed by atoms with Crippen molar-refractivity contribution in [1.29, 1.82) is 0 Å². The van der Waals surface area contributed by atoms with E-state index in [1.165, 1.54) is 26.2 Å². The van der Waals surface area contributed by atoms with Gasteiger partial charge in [-0.05, 0) is 0 Å². The maximum atomic E-state index is 11.7. The highest BCUT2D eigenvalue weighted by atomic mass is 16.4. The second kappa shape index (κ2) is 5.55. The Morgan fingerprint density at radius 1 is 0.909 bits per heavy atom. The summed E-state index contributed by atoms with van der Waals surface area (Å²) in [5.74, 6) is -2.29. The first-order chi connectivity index (χ1) is 10.3. The van der Waals surface area contributed by atoms with Gasteiger partial charge in [0.1, 0.15) is 11.4 Å². The monoisotopic (exact) mass is 308 g/mol. The van der Waals surface area contributed by atoms with Crippen LogP contribution >= 0.6 is 0 Å². The quantitative estimate of drug-likeness (QED) is 0.629. The maximum absolute atomic E-state index is 11.7. The summed E-state index contributed by atoms with van der Waals surface area (Å²) in [6.07, 6.45) is 0. The van der Waals surface area contributed by atoms with Crippen molar-refractivity contribution in [1.82, 2.24) is 19.6 Å². The fourth-order valence-electron chi connectivity index (χ4n) is 1.72. The minimum Gasteiger partial charge on any atom is -0.477 e. The van der Waals surface area contributed by atoms with Crippen LogP contribution in [0.4, 0.5) is 16.4 Å². The Kier molecular flexibility index (Phi) is 3.79. The average molecular weight is 308 g/mol. The van der Waals surface area contributed by atoms with Crippen LogP contribution in [0.1, 0.15) is 21.0 Å². The molecule has 0 atom stereocenters. The lowest BCUT2D eigenvalue weighted by Crippen LogP contribution is -2.20. The summed E-state index contributed by atoms with van der Waals surface area (Å²) in [6.45, 7) is 0. The highest BCUT2D eigenvalue weighted by Crippen LogP contribution is 2.11. The third kappa shape index (κ3) is 3.03. The molecule has 0 aromatic carbocycles. The lowest BCUT2D eigenvalue weighted by Gasteiger charge is -2.01. The van der Waals surface area contributed by atoms with E-state index in [0.717, 1.165) is 9.36 Å². The molecule has 0 aliphatic carbocycles. The molecule has 2 heterocycles. The average Bonchev–Trinajstić information content (AvgIpc) is 2.92. The Morgan fingerprint density at radius 3 is 1.55 bits per heavy atom. The van der Waals surface area contributed by atoms with Gasteiger partial charge in [0.05, 0.1) is 0 Å². The molecular formula is C11H12N6O5. The number of anilines is 2. The standard InChI is InChI=1S/C11H12N6O5/c1-16-5(9(18)19)3-7(14-16)12-11(22)13-8-4-6(10(20)21)17(2)15-8/h3-4H,1-2H3,(H,18,19)(H,20,21)(H2,12,13,14,15,22). The lowest BCUT2D eigenvalue weighted by molar-refractivity contribution is 0.0674. The summed E-state index contributed by atoms with van der Waals surface area (Å²) >= 11 is 0. The highest BCUT2D eigenvalue weighted by Gasteiger charge is 2.16. The van der Waals surface area contributed by atoms with Crippen molar-refractivity contribution in [2.75, 3.05) is 10.6 Å². The number of rotatable bonds is 4. The van der Waals surface area contributed by atoms with E-state index in [4.69, 9.17) is 10.2 Å². The SMILES string of the molecule is Cn1nc(NC(=O)Nc2cc(C(=O)O)n(C)n2)cc1C(=O)O. The van der Waals surface area contributed by atoms with Gasteiger partial charge < -0.3 is 10.2 Å². The number of carbonyl (C=O) groups excluding carboxylic acids is 1. The van der Waals surface area contributed by atoms with Crippen molar-refractivity contribution < 1.29 is 24.6 Å². The van der Waals surface area contributed by atoms with E-state index in [9.17, 15) is 14.4 Å². The van der Waals surface area contributed by atoms with Crippen molar-refractivity contribution in [3.05, 3.63) is 23.5 Å². The zero-order chi connectivity index (χ0) is 16.4. The summed E-state index contributed by atoms with van der Waals surface area (Å²) in [6, 6.07) is 1.64. The molecule has 0 unspecified atom stereocenters. The fourth-order valence-corrected chi connectivity index (χ4v) is 1.72. The number of carbonyl (C=O) groups is 3. The van der Waals surface area contributed by atoms with E-state index in [2.05, 4.69) is 20.8 Å². The van der Waals surface area contributed by atoms with Crippen molar-refractivity contribution in [3.8, 4) is 0 Å². The molecule has 2 aromatic rings. The largest absolute Gasteiger partial charge is 0.477 e. The summed E-state index contributed by atoms with van der Waals surface area (Å²) in [5.41, 5.74) is -0.192. The second-order valence-corrected chi connectivity index (χ2v) is 4.27. The highest BCUT2D eigenvalue weighted by molar-refractivity contribution is 6.00. The first-order valence-electron chi connectivity index (χ1n) is 5.90. The van der Waals surface area contributed by atoms with Crippen molar-refractivity contribution in [2.45, 2.75) is 0 Å². The molecule has 4 N–H and O–H groups in total. The molecule has 0 saturated carbocycles. The zero-order valence-corrected chi connectivity index (χ0v) is 11.6. The van der Waals surface area contributed by atoms with Crippen LogP contribution in [0, 0.1) is 0 Å². The van der Waals surface area contributed by atoms with Crippen molar-refractivity contribution in [3.63, 3.8) is 0 Å². The van der Waals surface area contributed by atoms with E-state index >= 15 is 0 Å². The molecule has 2 amide bonds. The zero-order valence-electron chi connectivity index (χ0n) is 11.6. The second-order valence-electron chi connectivity index (χ2n) is 4.27. The fraction of sp³-hybridized carbons (Fsp3) is 0.182. The summed E-state index contributed by atoms with van der Waals surface area (Å²) < 4.78 is 2.20. The molecule has 2 rings (SSSR count). The van der Waals surface area contributed by atoms with Gasteiger partial charge in [0.2, 0.25) is 0 Å². The van der Waals surface area contributed by atoms with Gasteiger partial charge in [0.15, 0.2) is 11.6 Å². The number of nitrogens with one attached hydrogen (secondary N) is 2. The van der Waals surface area contributed by atoms with Crippen molar-refractivity contribution in [2.24, 2.45) is 14.1 Å². The number of hydrogen-bond donors (Lipinski definition) is 4. The molecule has 11 nitrogen and oxygen atoms in total. The number of aromatic carboxylic acids is 2. The molecule has 11 heteroatoms. The normalized spacial score (nSPS) is 10.3. The van der Waals surface area contributed by atoms with Crippen LogP contribution in [0.15, 0.2) is 12.1 Å². The minimum absolute atomic E-state index is 0.0341. The number of hydrogen-bond acceptors (Lipinski definition) is 5. The molecule has 2 aromatic heterocycles. The summed E-state index contributed by atoms with van der Waals surface area (Å²) in [7, 11) is 2.84. The van der Waals surface area contributed by atoms with Crippen LogP contribution in [-0.4, -0.2) is 47.7 Å². The van der Waals surface area contributed by atoms with Gasteiger partial charge in [-0.15, -0.1) is 0 Å². The van der Waals surface area contributed by atoms with Crippen molar-refractivity contribution >= 4 is 29.6 Å². The minimum atomic E-state index is -1.18. The molecule has 22 heavy (non-hydrogen) atoms. The number of aryl methyl sites for hydroxylation is 2. The van der Waals surface area contributed by atoms with Gasteiger partial charge in [0.25, 0.3) is 0 Å². The Morgan fingerprint density at radius 2 is 1.27 bits per heavy atom. The Hall–Kier alpha value is -3.37. The number of carboxylic acids is 2. The summed E-state index contributed by atoms with van der Waals surface area (Å²) in [4.78, 5) is 33.5. The topological polar surface area (TPSA) is 151 Å². The third-order valence-corrected chi connectivity index (χ3v) is 2.68. The van der Waals surface area contributed by atoms with Gasteiger partial charge in [-0.1, -0.05) is 0 Å². The molecule has 0 aliphatic rings. The molecule has 0 bridgehead atoms. The molecule has 0 spiro atoms. The van der Waals surface area contributed by atoms with Gasteiger partial charge in [-0.3, -0.25) is 20.0 Å². The van der Waals surface area contributed by atoms with E-state index in [1.54, 1.807) is 0 Å². The maximum Gasteiger partial charge on any atom is 0.354 e. The van der Waals surface area contributed by atoms with Crippen LogP contribution in [0.3, 0.4) is 0 Å². The molecule has 0 fully saturated rings. The van der Waals surface area contributed by atoms with Crippen LogP contribution in [0.25, 0.3) is 0 Å². The molecule has 0 radical (unpaired) electrons. The van der Waals surface area contributed by atoms with E-state index in [-0.39, 0.29) is 23.0 Å². The van der Waals surface area contributed by atoms with Crippen LogP contribution in [0.2, 0.25) is 0 Å². The number of urea groups is 1. The Balaban J connectivity index is 2.07. The lowest BCUT2D eigenvalue weighted by atomic mass is 10.4. The number of aromatic nitrogens is 4. The molecule has 0 saturated heterocycles. The van der Waals surface area contributed by atoms with E-state index in [0.29, 0.717) is 0 Å².